The normalized spacial score (nSPS) is 14.1. The van der Waals surface area contributed by atoms with E-state index < -0.39 is 18.2 Å². The zero-order chi connectivity index (χ0) is 23.6. The number of imide groups is 1. The van der Waals surface area contributed by atoms with Crippen LogP contribution in [0.5, 0.6) is 5.75 Å². The van der Waals surface area contributed by atoms with Crippen molar-refractivity contribution in [1.29, 1.82) is 0 Å². The second-order valence-corrected chi connectivity index (χ2v) is 7.50. The third kappa shape index (κ3) is 5.06. The van der Waals surface area contributed by atoms with Gasteiger partial charge in [-0.15, -0.1) is 13.2 Å². The van der Waals surface area contributed by atoms with E-state index >= 15 is 0 Å². The van der Waals surface area contributed by atoms with Crippen LogP contribution in [-0.4, -0.2) is 23.1 Å². The van der Waals surface area contributed by atoms with E-state index in [1.54, 1.807) is 30.3 Å². The number of aryl methyl sites for hydroxylation is 1. The molecule has 0 unspecified atom stereocenters. The molecule has 0 spiro atoms. The second-order valence-electron chi connectivity index (χ2n) is 7.50. The smallest absolute Gasteiger partial charge is 0.406 e. The van der Waals surface area contributed by atoms with Crippen LogP contribution in [-0.2, 0) is 16.1 Å². The molecule has 3 aromatic rings. The molecule has 1 heterocycles. The summed E-state index contributed by atoms with van der Waals surface area (Å²) < 4.78 is 41.1. The predicted molar refractivity (Wildman–Crippen MR) is 117 cm³/mol. The lowest BCUT2D eigenvalue weighted by Crippen LogP contribution is -2.32. The summed E-state index contributed by atoms with van der Waals surface area (Å²) in [6.07, 6.45) is -4.80. The number of amides is 2. The molecule has 3 aromatic carbocycles. The van der Waals surface area contributed by atoms with Gasteiger partial charge in [-0.25, -0.2) is 0 Å². The van der Waals surface area contributed by atoms with Crippen LogP contribution >= 0.6 is 0 Å². The van der Waals surface area contributed by atoms with Crippen LogP contribution in [0.15, 0.2) is 84.6 Å². The fourth-order valence-corrected chi connectivity index (χ4v) is 3.47. The largest absolute Gasteiger partial charge is 0.573 e. The van der Waals surface area contributed by atoms with Crippen molar-refractivity contribution in [2.75, 3.05) is 5.32 Å². The van der Waals surface area contributed by atoms with Crippen molar-refractivity contribution in [2.45, 2.75) is 19.8 Å². The molecule has 8 heteroatoms. The van der Waals surface area contributed by atoms with E-state index in [2.05, 4.69) is 10.1 Å². The number of anilines is 1. The Morgan fingerprint density at radius 2 is 1.48 bits per heavy atom. The van der Waals surface area contributed by atoms with Crippen LogP contribution < -0.4 is 10.1 Å². The Labute approximate surface area is 188 Å². The van der Waals surface area contributed by atoms with Crippen molar-refractivity contribution in [3.05, 3.63) is 101 Å². The standard InChI is InChI=1S/C25H19F3N2O3/c1-16-7-9-17(10-8-16)15-30-23(31)21(18-5-3-2-4-6-18)22(24(30)32)29-19-11-13-20(14-12-19)33-25(26,27)28/h2-14,29H,15H2,1H3. The number of benzene rings is 3. The second kappa shape index (κ2) is 8.82. The molecule has 33 heavy (non-hydrogen) atoms. The van der Waals surface area contributed by atoms with Gasteiger partial charge in [-0.3, -0.25) is 14.5 Å². The Hall–Kier alpha value is -4.07. The minimum atomic E-state index is -4.80. The average Bonchev–Trinajstić information content (AvgIpc) is 3.00. The number of hydrogen-bond acceptors (Lipinski definition) is 4. The number of carbonyl (C=O) groups is 2. The van der Waals surface area contributed by atoms with Crippen molar-refractivity contribution in [2.24, 2.45) is 0 Å². The van der Waals surface area contributed by atoms with Crippen molar-refractivity contribution in [1.82, 2.24) is 4.90 Å². The summed E-state index contributed by atoms with van der Waals surface area (Å²) in [4.78, 5) is 27.7. The first-order valence-electron chi connectivity index (χ1n) is 10.1. The maximum Gasteiger partial charge on any atom is 0.573 e. The van der Waals surface area contributed by atoms with Gasteiger partial charge in [-0.2, -0.15) is 0 Å². The number of halogens is 3. The van der Waals surface area contributed by atoms with Gasteiger partial charge in [0.25, 0.3) is 11.8 Å². The highest BCUT2D eigenvalue weighted by molar-refractivity contribution is 6.36. The van der Waals surface area contributed by atoms with Gasteiger partial charge >= 0.3 is 6.36 Å². The number of alkyl halides is 3. The highest BCUT2D eigenvalue weighted by Gasteiger charge is 2.39. The molecular formula is C25H19F3N2O3. The van der Waals surface area contributed by atoms with Crippen LogP contribution in [0.25, 0.3) is 5.57 Å². The summed E-state index contributed by atoms with van der Waals surface area (Å²) >= 11 is 0. The quantitative estimate of drug-likeness (QED) is 0.517. The minimum Gasteiger partial charge on any atom is -0.406 e. The molecule has 5 nitrogen and oxygen atoms in total. The minimum absolute atomic E-state index is 0.0581. The topological polar surface area (TPSA) is 58.6 Å². The van der Waals surface area contributed by atoms with Crippen LogP contribution in [0.1, 0.15) is 16.7 Å². The summed E-state index contributed by atoms with van der Waals surface area (Å²) in [5.41, 5.74) is 3.00. The van der Waals surface area contributed by atoms with Crippen molar-refractivity contribution < 1.29 is 27.5 Å². The van der Waals surface area contributed by atoms with Crippen LogP contribution in [0.3, 0.4) is 0 Å². The van der Waals surface area contributed by atoms with E-state index in [-0.39, 0.29) is 23.6 Å². The molecule has 0 bridgehead atoms. The first kappa shape index (κ1) is 22.1. The van der Waals surface area contributed by atoms with Gasteiger partial charge < -0.3 is 10.1 Å². The average molecular weight is 452 g/mol. The first-order chi connectivity index (χ1) is 15.7. The molecule has 0 aromatic heterocycles. The number of nitrogens with zero attached hydrogens (tertiary/aromatic N) is 1. The first-order valence-corrected chi connectivity index (χ1v) is 10.1. The molecule has 4 rings (SSSR count). The molecule has 0 radical (unpaired) electrons. The van der Waals surface area contributed by atoms with Gasteiger partial charge in [0.1, 0.15) is 11.4 Å². The number of ether oxygens (including phenoxy) is 1. The van der Waals surface area contributed by atoms with Crippen molar-refractivity contribution in [3.8, 4) is 5.75 Å². The maximum atomic E-state index is 13.3. The van der Waals surface area contributed by atoms with Crippen molar-refractivity contribution in [3.63, 3.8) is 0 Å². The van der Waals surface area contributed by atoms with E-state index in [4.69, 9.17) is 0 Å². The fraction of sp³-hybridized carbons (Fsp3) is 0.120. The SMILES string of the molecule is Cc1ccc(CN2C(=O)C(Nc3ccc(OC(F)(F)F)cc3)=C(c3ccccc3)C2=O)cc1. The lowest BCUT2D eigenvalue weighted by Gasteiger charge is -2.16. The van der Waals surface area contributed by atoms with Crippen LogP contribution in [0.4, 0.5) is 18.9 Å². The molecule has 0 atom stereocenters. The molecule has 0 aliphatic carbocycles. The molecule has 1 N–H and O–H groups in total. The monoisotopic (exact) mass is 452 g/mol. The number of nitrogens with one attached hydrogen (secondary N) is 1. The summed E-state index contributed by atoms with van der Waals surface area (Å²) in [5.74, 6) is -1.36. The molecule has 0 fully saturated rings. The van der Waals surface area contributed by atoms with Gasteiger partial charge in [-0.1, -0.05) is 60.2 Å². The fourth-order valence-electron chi connectivity index (χ4n) is 3.47. The van der Waals surface area contributed by atoms with Gasteiger partial charge in [0.05, 0.1) is 12.1 Å². The zero-order valence-corrected chi connectivity index (χ0v) is 17.5. The van der Waals surface area contributed by atoms with Gasteiger partial charge in [0.15, 0.2) is 0 Å². The Balaban J connectivity index is 1.65. The lowest BCUT2D eigenvalue weighted by molar-refractivity contribution is -0.274. The van der Waals surface area contributed by atoms with Gasteiger partial charge in [-0.05, 0) is 42.3 Å². The Morgan fingerprint density at radius 3 is 2.09 bits per heavy atom. The highest BCUT2D eigenvalue weighted by atomic mass is 19.4. The maximum absolute atomic E-state index is 13.3. The van der Waals surface area contributed by atoms with Crippen molar-refractivity contribution >= 4 is 23.1 Å². The zero-order valence-electron chi connectivity index (χ0n) is 17.5. The van der Waals surface area contributed by atoms with E-state index in [1.807, 2.05) is 31.2 Å². The number of hydrogen-bond donors (Lipinski definition) is 1. The number of carbonyl (C=O) groups excluding carboxylic acids is 2. The molecule has 0 saturated heterocycles. The molecule has 168 valence electrons. The summed E-state index contributed by atoms with van der Waals surface area (Å²) in [7, 11) is 0. The van der Waals surface area contributed by atoms with E-state index in [1.165, 1.54) is 12.1 Å². The molecule has 2 amide bonds. The summed E-state index contributed by atoms with van der Waals surface area (Å²) in [6, 6.07) is 21.2. The van der Waals surface area contributed by atoms with E-state index in [0.29, 0.717) is 11.3 Å². The van der Waals surface area contributed by atoms with E-state index in [9.17, 15) is 22.8 Å². The summed E-state index contributed by atoms with van der Waals surface area (Å²) in [6.45, 7) is 2.04. The van der Waals surface area contributed by atoms with Gasteiger partial charge in [0, 0.05) is 5.69 Å². The molecule has 1 aliphatic rings. The third-order valence-electron chi connectivity index (χ3n) is 5.05. The Kier molecular flexibility index (Phi) is 5.91. The van der Waals surface area contributed by atoms with Crippen LogP contribution in [0, 0.1) is 6.92 Å². The Bertz CT molecular complexity index is 1200. The highest BCUT2D eigenvalue weighted by Crippen LogP contribution is 2.32. The third-order valence-corrected chi connectivity index (χ3v) is 5.05. The lowest BCUT2D eigenvalue weighted by atomic mass is 10.0. The van der Waals surface area contributed by atoms with Crippen LogP contribution in [0.2, 0.25) is 0 Å². The molecule has 1 aliphatic heterocycles. The molecular weight excluding hydrogens is 433 g/mol. The van der Waals surface area contributed by atoms with Gasteiger partial charge in [0.2, 0.25) is 0 Å². The van der Waals surface area contributed by atoms with E-state index in [0.717, 1.165) is 28.2 Å². The summed E-state index contributed by atoms with van der Waals surface area (Å²) in [5, 5.41) is 2.92. The number of rotatable bonds is 6. The predicted octanol–water partition coefficient (Wildman–Crippen LogP) is 5.29. The Morgan fingerprint density at radius 1 is 0.848 bits per heavy atom. The molecule has 0 saturated carbocycles.